The highest BCUT2D eigenvalue weighted by molar-refractivity contribution is 7.89. The van der Waals surface area contributed by atoms with Crippen LogP contribution in [0.1, 0.15) is 23.7 Å². The molecular weight excluding hydrogens is 340 g/mol. The van der Waals surface area contributed by atoms with Crippen molar-refractivity contribution in [1.29, 1.82) is 0 Å². The van der Waals surface area contributed by atoms with Crippen LogP contribution in [-0.2, 0) is 20.0 Å². The molecule has 2 rings (SSSR count). The van der Waals surface area contributed by atoms with E-state index in [9.17, 15) is 21.6 Å². The number of Topliss-reactive ketones (excluding diaryl/α,β-unsaturated/α-hetero) is 1. The summed E-state index contributed by atoms with van der Waals surface area (Å²) in [6.45, 7) is 2.25. The fourth-order valence-electron chi connectivity index (χ4n) is 2.45. The van der Waals surface area contributed by atoms with Gasteiger partial charge in [-0.25, -0.2) is 21.1 Å². The minimum Gasteiger partial charge on any atom is -0.295 e. The van der Waals surface area contributed by atoms with Crippen LogP contribution in [0.5, 0.6) is 0 Å². The van der Waals surface area contributed by atoms with Crippen LogP contribution < -0.4 is 0 Å². The Hall–Kier alpha value is -1.29. The normalized spacial score (nSPS) is 18.5. The summed E-state index contributed by atoms with van der Waals surface area (Å²) in [6, 6.07) is 5.78. The Labute approximate surface area is 137 Å². The highest BCUT2D eigenvalue weighted by atomic mass is 32.2. The van der Waals surface area contributed by atoms with Gasteiger partial charge in [0, 0.05) is 31.7 Å². The number of hydrogen-bond donors (Lipinski definition) is 0. The van der Waals surface area contributed by atoms with Crippen LogP contribution in [0.4, 0.5) is 0 Å². The maximum atomic E-state index is 12.7. The van der Waals surface area contributed by atoms with Crippen LogP contribution in [-0.4, -0.2) is 63.7 Å². The molecule has 0 spiro atoms. The smallest absolute Gasteiger partial charge is 0.243 e. The van der Waals surface area contributed by atoms with E-state index in [1.54, 1.807) is 0 Å². The first-order valence-electron chi connectivity index (χ1n) is 7.18. The number of ketones is 1. The first-order valence-corrected chi connectivity index (χ1v) is 10.5. The highest BCUT2D eigenvalue weighted by Crippen LogP contribution is 2.19. The van der Waals surface area contributed by atoms with Gasteiger partial charge in [0.05, 0.1) is 11.2 Å². The second-order valence-corrected chi connectivity index (χ2v) is 9.42. The molecule has 7 nitrogen and oxygen atoms in total. The average Bonchev–Trinajstić information content (AvgIpc) is 2.73. The van der Waals surface area contributed by atoms with Crippen LogP contribution in [0, 0.1) is 0 Å². The lowest BCUT2D eigenvalue weighted by molar-refractivity contribution is 0.101. The SMILES string of the molecule is CC(=O)c1ccc(S(=O)(=O)N2CCCN(S(C)(=O)=O)CC2)cc1. The van der Waals surface area contributed by atoms with Crippen molar-refractivity contribution in [2.24, 2.45) is 0 Å². The molecule has 1 saturated heterocycles. The summed E-state index contributed by atoms with van der Waals surface area (Å²) in [6.07, 6.45) is 1.56. The largest absolute Gasteiger partial charge is 0.295 e. The lowest BCUT2D eigenvalue weighted by Gasteiger charge is -2.20. The number of sulfonamides is 2. The van der Waals surface area contributed by atoms with Crippen molar-refractivity contribution in [3.63, 3.8) is 0 Å². The van der Waals surface area contributed by atoms with Crippen molar-refractivity contribution in [3.05, 3.63) is 29.8 Å². The predicted molar refractivity (Wildman–Crippen MR) is 86.2 cm³/mol. The molecule has 0 aliphatic carbocycles. The first-order chi connectivity index (χ1) is 10.6. The Morgan fingerprint density at radius 3 is 1.96 bits per heavy atom. The van der Waals surface area contributed by atoms with Gasteiger partial charge in [-0.1, -0.05) is 12.1 Å². The number of carbonyl (C=O) groups is 1. The molecule has 1 aliphatic rings. The van der Waals surface area contributed by atoms with Gasteiger partial charge in [0.15, 0.2) is 5.78 Å². The summed E-state index contributed by atoms with van der Waals surface area (Å²) in [5.74, 6) is -0.132. The first kappa shape index (κ1) is 18.1. The molecule has 1 aliphatic heterocycles. The average molecular weight is 360 g/mol. The van der Waals surface area contributed by atoms with E-state index in [1.165, 1.54) is 39.8 Å². The predicted octanol–water partition coefficient (Wildman–Crippen LogP) is 0.545. The zero-order valence-electron chi connectivity index (χ0n) is 13.1. The van der Waals surface area contributed by atoms with E-state index < -0.39 is 20.0 Å². The van der Waals surface area contributed by atoms with Gasteiger partial charge < -0.3 is 0 Å². The quantitative estimate of drug-likeness (QED) is 0.731. The summed E-state index contributed by atoms with van der Waals surface area (Å²) in [4.78, 5) is 11.4. The minimum atomic E-state index is -3.70. The van der Waals surface area contributed by atoms with Crippen LogP contribution in [0.15, 0.2) is 29.2 Å². The maximum Gasteiger partial charge on any atom is 0.243 e. The van der Waals surface area contributed by atoms with E-state index in [0.29, 0.717) is 18.5 Å². The number of rotatable bonds is 4. The van der Waals surface area contributed by atoms with E-state index >= 15 is 0 Å². The molecule has 128 valence electrons. The number of carbonyl (C=O) groups excluding carboxylic acids is 1. The molecule has 0 aromatic heterocycles. The lowest BCUT2D eigenvalue weighted by Crippen LogP contribution is -2.36. The van der Waals surface area contributed by atoms with Crippen molar-refractivity contribution in [2.75, 3.05) is 32.4 Å². The Bertz CT molecular complexity index is 785. The molecule has 0 bridgehead atoms. The molecule has 0 unspecified atom stereocenters. The van der Waals surface area contributed by atoms with Gasteiger partial charge >= 0.3 is 0 Å². The molecular formula is C14H20N2O5S2. The topological polar surface area (TPSA) is 91.8 Å². The third kappa shape index (κ3) is 4.17. The molecule has 23 heavy (non-hydrogen) atoms. The second kappa shape index (κ2) is 6.68. The molecule has 0 amide bonds. The van der Waals surface area contributed by atoms with Crippen LogP contribution in [0.25, 0.3) is 0 Å². The van der Waals surface area contributed by atoms with Gasteiger partial charge in [0.2, 0.25) is 20.0 Å². The van der Waals surface area contributed by atoms with Gasteiger partial charge in [0.25, 0.3) is 0 Å². The zero-order chi connectivity index (χ0) is 17.3. The van der Waals surface area contributed by atoms with Gasteiger partial charge in [-0.05, 0) is 25.5 Å². The number of benzene rings is 1. The Kier molecular flexibility index (Phi) is 5.24. The standard InChI is InChI=1S/C14H20N2O5S2/c1-12(17)13-4-6-14(7-5-13)23(20,21)16-9-3-8-15(10-11-16)22(2,18)19/h4-7H,3,8-11H2,1-2H3. The van der Waals surface area contributed by atoms with Gasteiger partial charge in [-0.15, -0.1) is 0 Å². The van der Waals surface area contributed by atoms with Gasteiger partial charge in [0.1, 0.15) is 0 Å². The summed E-state index contributed by atoms with van der Waals surface area (Å²) in [5.41, 5.74) is 0.447. The number of nitrogens with zero attached hydrogens (tertiary/aromatic N) is 2. The molecule has 0 N–H and O–H groups in total. The van der Waals surface area contributed by atoms with Gasteiger partial charge in [-0.3, -0.25) is 4.79 Å². The summed E-state index contributed by atoms with van der Waals surface area (Å²) < 4.78 is 51.1. The Balaban J connectivity index is 2.21. The van der Waals surface area contributed by atoms with E-state index in [0.717, 1.165) is 6.26 Å². The highest BCUT2D eigenvalue weighted by Gasteiger charge is 2.29. The summed E-state index contributed by atoms with van der Waals surface area (Å²) in [7, 11) is -7.02. The molecule has 1 heterocycles. The fraction of sp³-hybridized carbons (Fsp3) is 0.500. The molecule has 0 radical (unpaired) electrons. The molecule has 1 fully saturated rings. The van der Waals surface area contributed by atoms with E-state index in [-0.39, 0.29) is 30.3 Å². The van der Waals surface area contributed by atoms with Crippen LogP contribution in [0.2, 0.25) is 0 Å². The van der Waals surface area contributed by atoms with Crippen molar-refractivity contribution in [2.45, 2.75) is 18.2 Å². The Morgan fingerprint density at radius 2 is 1.43 bits per heavy atom. The maximum absolute atomic E-state index is 12.7. The number of hydrogen-bond acceptors (Lipinski definition) is 5. The van der Waals surface area contributed by atoms with Gasteiger partial charge in [-0.2, -0.15) is 4.31 Å². The third-order valence-corrected chi connectivity index (χ3v) is 7.00. The van der Waals surface area contributed by atoms with Crippen molar-refractivity contribution < 1.29 is 21.6 Å². The third-order valence-electron chi connectivity index (χ3n) is 3.78. The van der Waals surface area contributed by atoms with Crippen molar-refractivity contribution >= 4 is 25.8 Å². The Morgan fingerprint density at radius 1 is 0.913 bits per heavy atom. The fourth-order valence-corrected chi connectivity index (χ4v) is 4.80. The molecule has 0 atom stereocenters. The van der Waals surface area contributed by atoms with Crippen molar-refractivity contribution in [3.8, 4) is 0 Å². The minimum absolute atomic E-state index is 0.107. The lowest BCUT2D eigenvalue weighted by atomic mass is 10.2. The van der Waals surface area contributed by atoms with Crippen LogP contribution in [0.3, 0.4) is 0 Å². The van der Waals surface area contributed by atoms with E-state index in [2.05, 4.69) is 0 Å². The van der Waals surface area contributed by atoms with E-state index in [4.69, 9.17) is 0 Å². The van der Waals surface area contributed by atoms with E-state index in [1.807, 2.05) is 0 Å². The molecule has 0 saturated carbocycles. The second-order valence-electron chi connectivity index (χ2n) is 5.50. The molecule has 9 heteroatoms. The van der Waals surface area contributed by atoms with Crippen LogP contribution >= 0.6 is 0 Å². The monoisotopic (exact) mass is 360 g/mol. The van der Waals surface area contributed by atoms with Crippen molar-refractivity contribution in [1.82, 2.24) is 8.61 Å². The molecule has 1 aromatic rings. The summed E-state index contributed by atoms with van der Waals surface area (Å²) >= 11 is 0. The summed E-state index contributed by atoms with van der Waals surface area (Å²) in [5, 5.41) is 0. The molecule has 1 aromatic carbocycles. The zero-order valence-corrected chi connectivity index (χ0v) is 14.7.